The summed E-state index contributed by atoms with van der Waals surface area (Å²) in [4.78, 5) is 15.5. The number of thiocarbonyl (C=S) groups is 1. The predicted molar refractivity (Wildman–Crippen MR) is 144 cm³/mol. The Bertz CT molecular complexity index is 1190. The maximum Gasteiger partial charge on any atom is 0.266 e. The molecule has 7 heteroatoms. The highest BCUT2D eigenvalue weighted by Gasteiger charge is 2.32. The number of hydrogen-bond donors (Lipinski definition) is 0. The minimum atomic E-state index is -0.0204. The third-order valence-electron chi connectivity index (χ3n) is 5.58. The molecule has 3 aromatic rings. The lowest BCUT2D eigenvalue weighted by molar-refractivity contribution is -0.122. The summed E-state index contributed by atoms with van der Waals surface area (Å²) < 4.78 is 8.18. The van der Waals surface area contributed by atoms with Crippen LogP contribution in [0.2, 0.25) is 0 Å². The number of rotatable bonds is 10. The summed E-state index contributed by atoms with van der Waals surface area (Å²) in [6.45, 7) is 5.41. The van der Waals surface area contributed by atoms with Crippen molar-refractivity contribution in [2.24, 2.45) is 0 Å². The molecule has 1 amide bonds. The Morgan fingerprint density at radius 1 is 1.06 bits per heavy atom. The van der Waals surface area contributed by atoms with E-state index in [1.807, 2.05) is 78.5 Å². The van der Waals surface area contributed by atoms with Crippen LogP contribution in [0.25, 0.3) is 23.0 Å². The van der Waals surface area contributed by atoms with Crippen molar-refractivity contribution in [3.63, 3.8) is 0 Å². The number of para-hydroxylation sites is 1. The lowest BCUT2D eigenvalue weighted by Gasteiger charge is -2.13. The van der Waals surface area contributed by atoms with Gasteiger partial charge in [-0.3, -0.25) is 9.69 Å². The molecule has 0 unspecified atom stereocenters. The summed E-state index contributed by atoms with van der Waals surface area (Å²) >= 11 is 6.90. The van der Waals surface area contributed by atoms with Gasteiger partial charge in [-0.1, -0.05) is 80.5 Å². The molecule has 2 aromatic carbocycles. The number of hydrogen-bond acceptors (Lipinski definition) is 5. The van der Waals surface area contributed by atoms with E-state index in [0.29, 0.717) is 22.4 Å². The largest absolute Gasteiger partial charge is 0.494 e. The molecule has 4 rings (SSSR count). The molecule has 0 spiro atoms. The van der Waals surface area contributed by atoms with E-state index < -0.39 is 0 Å². The van der Waals surface area contributed by atoms with Crippen LogP contribution in [0.3, 0.4) is 0 Å². The highest BCUT2D eigenvalue weighted by Crippen LogP contribution is 2.35. The zero-order valence-electron chi connectivity index (χ0n) is 19.6. The second-order valence-electron chi connectivity index (χ2n) is 8.07. The summed E-state index contributed by atoms with van der Waals surface area (Å²) in [7, 11) is 0. The van der Waals surface area contributed by atoms with Crippen LogP contribution in [0, 0.1) is 0 Å². The first kappa shape index (κ1) is 24.2. The van der Waals surface area contributed by atoms with Crippen molar-refractivity contribution in [2.75, 3.05) is 13.2 Å². The number of amides is 1. The van der Waals surface area contributed by atoms with Gasteiger partial charge in [-0.2, -0.15) is 5.10 Å². The van der Waals surface area contributed by atoms with Crippen molar-refractivity contribution in [2.45, 2.75) is 39.5 Å². The average Bonchev–Trinajstić information content (AvgIpc) is 3.39. The Kier molecular flexibility index (Phi) is 8.19. The second-order valence-corrected chi connectivity index (χ2v) is 9.74. The molecule has 5 nitrogen and oxygen atoms in total. The van der Waals surface area contributed by atoms with E-state index in [1.165, 1.54) is 18.2 Å². The summed E-state index contributed by atoms with van der Waals surface area (Å²) in [5.41, 5.74) is 3.54. The molecule has 0 bridgehead atoms. The Morgan fingerprint density at radius 2 is 1.88 bits per heavy atom. The number of thioether (sulfide) groups is 1. The highest BCUT2D eigenvalue weighted by atomic mass is 32.2. The molecule has 176 valence electrons. The van der Waals surface area contributed by atoms with Crippen LogP contribution < -0.4 is 4.74 Å². The molecule has 0 saturated carbocycles. The molecule has 1 saturated heterocycles. The Balaban J connectivity index is 1.69. The molecule has 34 heavy (non-hydrogen) atoms. The van der Waals surface area contributed by atoms with E-state index in [2.05, 4.69) is 6.92 Å². The van der Waals surface area contributed by atoms with Crippen LogP contribution in [0.1, 0.15) is 45.1 Å². The van der Waals surface area contributed by atoms with Gasteiger partial charge < -0.3 is 4.74 Å². The van der Waals surface area contributed by atoms with Crippen molar-refractivity contribution in [3.05, 3.63) is 71.3 Å². The molecule has 1 aromatic heterocycles. The van der Waals surface area contributed by atoms with E-state index in [4.69, 9.17) is 22.1 Å². The van der Waals surface area contributed by atoms with Gasteiger partial charge in [0.2, 0.25) is 0 Å². The van der Waals surface area contributed by atoms with E-state index in [0.717, 1.165) is 47.5 Å². The number of carbonyl (C=O) groups excluding carboxylic acids is 1. The number of nitrogens with zero attached hydrogens (tertiary/aromatic N) is 3. The van der Waals surface area contributed by atoms with Crippen LogP contribution in [0.15, 0.2) is 65.7 Å². The molecule has 2 heterocycles. The van der Waals surface area contributed by atoms with Gasteiger partial charge in [0, 0.05) is 23.9 Å². The molecule has 1 aliphatic heterocycles. The Morgan fingerprint density at radius 3 is 2.65 bits per heavy atom. The first-order chi connectivity index (χ1) is 16.6. The zero-order chi connectivity index (χ0) is 23.9. The molecule has 1 aliphatic rings. The van der Waals surface area contributed by atoms with E-state index in [1.54, 1.807) is 4.90 Å². The summed E-state index contributed by atoms with van der Waals surface area (Å²) in [6, 6.07) is 17.8. The van der Waals surface area contributed by atoms with Crippen molar-refractivity contribution in [1.82, 2.24) is 14.7 Å². The maximum atomic E-state index is 13.2. The lowest BCUT2D eigenvalue weighted by Crippen LogP contribution is -2.29. The lowest BCUT2D eigenvalue weighted by atomic mass is 10.1. The third-order valence-corrected chi connectivity index (χ3v) is 6.95. The molecule has 0 atom stereocenters. The van der Waals surface area contributed by atoms with Crippen LogP contribution in [0.5, 0.6) is 5.75 Å². The third kappa shape index (κ3) is 5.59. The number of unbranched alkanes of at least 4 members (excludes halogenated alkanes) is 3. The molecular weight excluding hydrogens is 462 g/mol. The van der Waals surface area contributed by atoms with Crippen molar-refractivity contribution in [3.8, 4) is 22.7 Å². The molecule has 0 N–H and O–H groups in total. The molecule has 0 aliphatic carbocycles. The molecule has 0 radical (unpaired) electrons. The first-order valence-corrected chi connectivity index (χ1v) is 13.0. The van der Waals surface area contributed by atoms with E-state index in [9.17, 15) is 4.79 Å². The monoisotopic (exact) mass is 491 g/mol. The fourth-order valence-corrected chi connectivity index (χ4v) is 5.16. The zero-order valence-corrected chi connectivity index (χ0v) is 21.2. The number of aromatic nitrogens is 2. The van der Waals surface area contributed by atoms with Crippen molar-refractivity contribution >= 4 is 40.3 Å². The highest BCUT2D eigenvalue weighted by molar-refractivity contribution is 8.26. The molecular formula is C27H29N3O2S2. The van der Waals surface area contributed by atoms with E-state index in [-0.39, 0.29) is 5.91 Å². The average molecular weight is 492 g/mol. The predicted octanol–water partition coefficient (Wildman–Crippen LogP) is 6.72. The smallest absolute Gasteiger partial charge is 0.266 e. The van der Waals surface area contributed by atoms with Gasteiger partial charge in [0.1, 0.15) is 15.8 Å². The minimum Gasteiger partial charge on any atom is -0.494 e. The number of carbonyl (C=O) groups is 1. The van der Waals surface area contributed by atoms with Gasteiger partial charge in [0.15, 0.2) is 0 Å². The van der Waals surface area contributed by atoms with Gasteiger partial charge in [-0.15, -0.1) is 0 Å². The Hall–Kier alpha value is -2.90. The summed E-state index contributed by atoms with van der Waals surface area (Å²) in [5, 5.41) is 4.88. The van der Waals surface area contributed by atoms with Gasteiger partial charge in [-0.05, 0) is 43.7 Å². The first-order valence-electron chi connectivity index (χ1n) is 11.7. The Labute approximate surface area is 210 Å². The van der Waals surface area contributed by atoms with Crippen LogP contribution in [-0.4, -0.2) is 38.1 Å². The fourth-order valence-electron chi connectivity index (χ4n) is 3.86. The SMILES string of the molecule is CCCCCCN1C(=O)C(=Cc2cn(-c3ccccc3)nc2-c2cccc(OCC)c2)SC1=S. The number of benzene rings is 2. The van der Waals surface area contributed by atoms with Gasteiger partial charge in [0.05, 0.1) is 17.2 Å². The van der Waals surface area contributed by atoms with Gasteiger partial charge in [0.25, 0.3) is 5.91 Å². The van der Waals surface area contributed by atoms with Gasteiger partial charge >= 0.3 is 0 Å². The standard InChI is InChI=1S/C27H29N3O2S2/c1-3-5-6-10-16-29-26(31)24(34-27(29)33)18-21-19-30(22-13-8-7-9-14-22)28-25(21)20-12-11-15-23(17-20)32-4-2/h7-9,11-15,17-19H,3-6,10,16H2,1-2H3. The topological polar surface area (TPSA) is 47.4 Å². The number of ether oxygens (including phenoxy) is 1. The quantitative estimate of drug-likeness (QED) is 0.179. The summed E-state index contributed by atoms with van der Waals surface area (Å²) in [6.07, 6.45) is 8.29. The summed E-state index contributed by atoms with van der Waals surface area (Å²) in [5.74, 6) is 0.770. The van der Waals surface area contributed by atoms with E-state index >= 15 is 0 Å². The molecule has 1 fully saturated rings. The fraction of sp³-hybridized carbons (Fsp3) is 0.296. The van der Waals surface area contributed by atoms with Gasteiger partial charge in [-0.25, -0.2) is 4.68 Å². The minimum absolute atomic E-state index is 0.0204. The second kappa shape index (κ2) is 11.5. The van der Waals surface area contributed by atoms with Crippen LogP contribution in [0.4, 0.5) is 0 Å². The van der Waals surface area contributed by atoms with Crippen LogP contribution >= 0.6 is 24.0 Å². The van der Waals surface area contributed by atoms with Crippen molar-refractivity contribution in [1.29, 1.82) is 0 Å². The van der Waals surface area contributed by atoms with Crippen LogP contribution in [-0.2, 0) is 4.79 Å². The normalized spacial score (nSPS) is 14.9. The maximum absolute atomic E-state index is 13.2. The van der Waals surface area contributed by atoms with Crippen molar-refractivity contribution < 1.29 is 9.53 Å².